The molecule has 2 fully saturated rings. The Labute approximate surface area is 105 Å². The zero-order chi connectivity index (χ0) is 12.3. The topological polar surface area (TPSA) is 32.7 Å². The van der Waals surface area contributed by atoms with Crippen molar-refractivity contribution in [1.29, 1.82) is 0 Å². The Hall–Kier alpha value is -0.120. The van der Waals surface area contributed by atoms with Gasteiger partial charge in [0.1, 0.15) is 0 Å². The van der Waals surface area contributed by atoms with Crippen LogP contribution in [0.2, 0.25) is 0 Å². The molecule has 0 aromatic carbocycles. The molecule has 1 saturated carbocycles. The van der Waals surface area contributed by atoms with Crippen molar-refractivity contribution in [3.63, 3.8) is 0 Å². The fraction of sp³-hybridized carbons (Fsp3) is 1.00. The van der Waals surface area contributed by atoms with E-state index in [0.717, 1.165) is 31.6 Å². The molecule has 17 heavy (non-hydrogen) atoms. The number of aliphatic hydroxyl groups excluding tert-OH is 1. The van der Waals surface area contributed by atoms with Crippen LogP contribution in [0.5, 0.6) is 0 Å². The van der Waals surface area contributed by atoms with Gasteiger partial charge in [0.05, 0.1) is 25.2 Å². The summed E-state index contributed by atoms with van der Waals surface area (Å²) in [5.41, 5.74) is 0.0384. The van der Waals surface area contributed by atoms with Crippen molar-refractivity contribution < 1.29 is 9.84 Å². The summed E-state index contributed by atoms with van der Waals surface area (Å²) in [6.45, 7) is 6.26. The van der Waals surface area contributed by atoms with Crippen molar-refractivity contribution in [1.82, 2.24) is 4.90 Å². The van der Waals surface area contributed by atoms with Gasteiger partial charge in [-0.3, -0.25) is 0 Å². The molecule has 3 heteroatoms. The molecule has 0 amide bonds. The zero-order valence-corrected chi connectivity index (χ0v) is 11.3. The monoisotopic (exact) mass is 241 g/mol. The third kappa shape index (κ3) is 3.43. The van der Waals surface area contributed by atoms with Crippen LogP contribution in [-0.2, 0) is 4.74 Å². The van der Waals surface area contributed by atoms with E-state index in [-0.39, 0.29) is 12.0 Å². The van der Waals surface area contributed by atoms with Crippen molar-refractivity contribution in [3.05, 3.63) is 0 Å². The SMILES string of the molecule is CC1CCC(CN(C)CC2(CO)COC2)CC1. The summed E-state index contributed by atoms with van der Waals surface area (Å²) in [6, 6.07) is 0. The summed E-state index contributed by atoms with van der Waals surface area (Å²) < 4.78 is 5.25. The van der Waals surface area contributed by atoms with Gasteiger partial charge in [0.2, 0.25) is 0 Å². The Kier molecular flexibility index (Phi) is 4.45. The first-order valence-electron chi connectivity index (χ1n) is 7.01. The van der Waals surface area contributed by atoms with Crippen molar-refractivity contribution in [2.45, 2.75) is 32.6 Å². The number of hydrogen-bond donors (Lipinski definition) is 1. The number of aliphatic hydroxyl groups is 1. The highest BCUT2D eigenvalue weighted by molar-refractivity contribution is 4.88. The molecule has 0 atom stereocenters. The van der Waals surface area contributed by atoms with Crippen LogP contribution in [0.1, 0.15) is 32.6 Å². The highest BCUT2D eigenvalue weighted by Crippen LogP contribution is 2.31. The lowest BCUT2D eigenvalue weighted by Crippen LogP contribution is -2.53. The van der Waals surface area contributed by atoms with E-state index in [1.54, 1.807) is 0 Å². The minimum absolute atomic E-state index is 0.0384. The normalized spacial score (nSPS) is 32.5. The average molecular weight is 241 g/mol. The molecule has 0 spiro atoms. The molecule has 0 aromatic rings. The lowest BCUT2D eigenvalue weighted by atomic mass is 9.82. The summed E-state index contributed by atoms with van der Waals surface area (Å²) in [6.07, 6.45) is 5.56. The molecule has 1 heterocycles. The van der Waals surface area contributed by atoms with Gasteiger partial charge in [0.15, 0.2) is 0 Å². The lowest BCUT2D eigenvalue weighted by Gasteiger charge is -2.43. The van der Waals surface area contributed by atoms with E-state index in [1.165, 1.54) is 32.2 Å². The maximum absolute atomic E-state index is 9.42. The molecule has 0 aromatic heterocycles. The summed E-state index contributed by atoms with van der Waals surface area (Å²) in [4.78, 5) is 2.40. The van der Waals surface area contributed by atoms with Crippen molar-refractivity contribution in [2.24, 2.45) is 17.3 Å². The van der Waals surface area contributed by atoms with Gasteiger partial charge in [-0.2, -0.15) is 0 Å². The van der Waals surface area contributed by atoms with Crippen LogP contribution in [0.15, 0.2) is 0 Å². The molecule has 2 rings (SSSR count). The molecule has 0 unspecified atom stereocenters. The minimum Gasteiger partial charge on any atom is -0.396 e. The number of nitrogens with zero attached hydrogens (tertiary/aromatic N) is 1. The third-order valence-corrected chi connectivity index (χ3v) is 4.46. The summed E-state index contributed by atoms with van der Waals surface area (Å²) in [7, 11) is 2.19. The van der Waals surface area contributed by atoms with Crippen LogP contribution < -0.4 is 0 Å². The average Bonchev–Trinajstić information content (AvgIpc) is 2.27. The molecule has 1 aliphatic heterocycles. The molecule has 0 bridgehead atoms. The smallest absolute Gasteiger partial charge is 0.0579 e. The van der Waals surface area contributed by atoms with E-state index in [9.17, 15) is 5.11 Å². The van der Waals surface area contributed by atoms with E-state index in [1.807, 2.05) is 0 Å². The molecule has 2 aliphatic rings. The maximum Gasteiger partial charge on any atom is 0.0579 e. The van der Waals surface area contributed by atoms with Crippen LogP contribution >= 0.6 is 0 Å². The van der Waals surface area contributed by atoms with Gasteiger partial charge in [0, 0.05) is 13.1 Å². The Morgan fingerprint density at radius 1 is 1.24 bits per heavy atom. The van der Waals surface area contributed by atoms with Crippen LogP contribution in [0.4, 0.5) is 0 Å². The van der Waals surface area contributed by atoms with Crippen LogP contribution in [0.3, 0.4) is 0 Å². The highest BCUT2D eigenvalue weighted by atomic mass is 16.5. The van der Waals surface area contributed by atoms with Gasteiger partial charge in [-0.15, -0.1) is 0 Å². The van der Waals surface area contributed by atoms with Gasteiger partial charge in [-0.25, -0.2) is 0 Å². The maximum atomic E-state index is 9.42. The Morgan fingerprint density at radius 2 is 1.88 bits per heavy atom. The molecule has 100 valence electrons. The van der Waals surface area contributed by atoms with Crippen molar-refractivity contribution >= 4 is 0 Å². The van der Waals surface area contributed by atoms with Gasteiger partial charge in [-0.1, -0.05) is 19.8 Å². The fourth-order valence-corrected chi connectivity index (χ4v) is 3.21. The van der Waals surface area contributed by atoms with Crippen LogP contribution in [-0.4, -0.2) is 50.0 Å². The second-order valence-electron chi connectivity index (χ2n) is 6.47. The summed E-state index contributed by atoms with van der Waals surface area (Å²) in [5, 5.41) is 9.42. The molecule has 3 nitrogen and oxygen atoms in total. The Bertz CT molecular complexity index is 227. The van der Waals surface area contributed by atoms with E-state index in [0.29, 0.717) is 0 Å². The molecule has 0 radical (unpaired) electrons. The molecule has 1 saturated heterocycles. The number of hydrogen-bond acceptors (Lipinski definition) is 3. The summed E-state index contributed by atoms with van der Waals surface area (Å²) in [5.74, 6) is 1.80. The highest BCUT2D eigenvalue weighted by Gasteiger charge is 2.39. The quantitative estimate of drug-likeness (QED) is 0.796. The second-order valence-corrected chi connectivity index (χ2v) is 6.47. The van der Waals surface area contributed by atoms with Gasteiger partial charge in [-0.05, 0) is 31.7 Å². The number of ether oxygens (including phenoxy) is 1. The second kappa shape index (κ2) is 5.68. The van der Waals surface area contributed by atoms with Gasteiger partial charge >= 0.3 is 0 Å². The Balaban J connectivity index is 1.71. The van der Waals surface area contributed by atoms with E-state index < -0.39 is 0 Å². The first kappa shape index (κ1) is 13.3. The van der Waals surface area contributed by atoms with E-state index in [2.05, 4.69) is 18.9 Å². The first-order valence-corrected chi connectivity index (χ1v) is 7.01. The summed E-state index contributed by atoms with van der Waals surface area (Å²) >= 11 is 0. The third-order valence-electron chi connectivity index (χ3n) is 4.46. The first-order chi connectivity index (χ1) is 8.13. The standard InChI is InChI=1S/C14H27NO2/c1-12-3-5-13(6-4-12)7-15(2)8-14(9-16)10-17-11-14/h12-13,16H,3-11H2,1-2H3. The fourth-order valence-electron chi connectivity index (χ4n) is 3.21. The van der Waals surface area contributed by atoms with Crippen LogP contribution in [0, 0.1) is 17.3 Å². The lowest BCUT2D eigenvalue weighted by molar-refractivity contribution is -0.147. The largest absolute Gasteiger partial charge is 0.396 e. The molecular weight excluding hydrogens is 214 g/mol. The molecular formula is C14H27NO2. The zero-order valence-electron chi connectivity index (χ0n) is 11.3. The van der Waals surface area contributed by atoms with Crippen molar-refractivity contribution in [3.8, 4) is 0 Å². The van der Waals surface area contributed by atoms with E-state index in [4.69, 9.17) is 4.74 Å². The Morgan fingerprint density at radius 3 is 2.35 bits per heavy atom. The number of rotatable bonds is 5. The molecule has 1 N–H and O–H groups in total. The van der Waals surface area contributed by atoms with Gasteiger partial charge in [0.25, 0.3) is 0 Å². The van der Waals surface area contributed by atoms with Crippen molar-refractivity contribution in [2.75, 3.05) is 40.0 Å². The minimum atomic E-state index is 0.0384. The van der Waals surface area contributed by atoms with Crippen LogP contribution in [0.25, 0.3) is 0 Å². The van der Waals surface area contributed by atoms with E-state index >= 15 is 0 Å². The molecule has 1 aliphatic carbocycles. The predicted octanol–water partition coefficient (Wildman–Crippen LogP) is 1.75. The predicted molar refractivity (Wildman–Crippen MR) is 69.0 cm³/mol. The van der Waals surface area contributed by atoms with Gasteiger partial charge < -0.3 is 14.7 Å².